The van der Waals surface area contributed by atoms with Gasteiger partial charge in [0.2, 0.25) is 0 Å². The lowest BCUT2D eigenvalue weighted by Gasteiger charge is -2.35. The van der Waals surface area contributed by atoms with E-state index >= 15 is 0 Å². The Bertz CT molecular complexity index is 1140. The van der Waals surface area contributed by atoms with E-state index in [2.05, 4.69) is 15.3 Å². The average molecular weight is 455 g/mol. The lowest BCUT2D eigenvalue weighted by Crippen LogP contribution is -2.50. The van der Waals surface area contributed by atoms with Crippen molar-refractivity contribution in [2.45, 2.75) is 20.0 Å². The summed E-state index contributed by atoms with van der Waals surface area (Å²) in [7, 11) is 0. The zero-order valence-electron chi connectivity index (χ0n) is 18.4. The Morgan fingerprint density at radius 3 is 2.30 bits per heavy atom. The lowest BCUT2D eigenvalue weighted by atomic mass is 10.1. The van der Waals surface area contributed by atoms with Gasteiger partial charge in [0, 0.05) is 49.2 Å². The number of hydrogen-bond donors (Lipinski definition) is 1. The molecule has 1 aromatic heterocycles. The highest BCUT2D eigenvalue weighted by Crippen LogP contribution is 2.32. The molecule has 1 N–H and O–H groups in total. The topological polar surface area (TPSA) is 61.4 Å². The van der Waals surface area contributed by atoms with Gasteiger partial charge in [-0.05, 0) is 38.1 Å². The second-order valence-corrected chi connectivity index (χ2v) is 8.04. The molecule has 0 aliphatic carbocycles. The van der Waals surface area contributed by atoms with Crippen LogP contribution in [-0.4, -0.2) is 47.1 Å². The van der Waals surface area contributed by atoms with Crippen molar-refractivity contribution in [2.75, 3.05) is 36.4 Å². The molecule has 1 fully saturated rings. The third kappa shape index (κ3) is 5.42. The van der Waals surface area contributed by atoms with Gasteiger partial charge in [-0.2, -0.15) is 13.2 Å². The minimum absolute atomic E-state index is 0.165. The molecule has 172 valence electrons. The molecule has 0 bridgehead atoms. The second kappa shape index (κ2) is 9.09. The molecule has 4 rings (SSSR count). The number of aromatic nitrogens is 2. The fourth-order valence-corrected chi connectivity index (χ4v) is 3.66. The maximum atomic E-state index is 13.1. The monoisotopic (exact) mass is 455 g/mol. The zero-order valence-corrected chi connectivity index (χ0v) is 18.4. The molecular weight excluding hydrogens is 431 g/mol. The Morgan fingerprint density at radius 1 is 0.939 bits per heavy atom. The van der Waals surface area contributed by atoms with Gasteiger partial charge >= 0.3 is 12.2 Å². The molecule has 0 spiro atoms. The van der Waals surface area contributed by atoms with Crippen LogP contribution in [0.15, 0.2) is 54.6 Å². The summed E-state index contributed by atoms with van der Waals surface area (Å²) in [6.07, 6.45) is -4.43. The van der Waals surface area contributed by atoms with Gasteiger partial charge < -0.3 is 15.1 Å². The summed E-state index contributed by atoms with van der Waals surface area (Å²) < 4.78 is 39.3. The van der Waals surface area contributed by atoms with Crippen LogP contribution in [-0.2, 0) is 6.18 Å². The quantitative estimate of drug-likeness (QED) is 0.595. The smallest absolute Gasteiger partial charge is 0.353 e. The van der Waals surface area contributed by atoms with E-state index in [0.717, 1.165) is 23.4 Å². The first kappa shape index (κ1) is 22.6. The summed E-state index contributed by atoms with van der Waals surface area (Å²) in [6.45, 7) is 5.88. The molecule has 1 saturated heterocycles. The van der Waals surface area contributed by atoms with Gasteiger partial charge in [-0.1, -0.05) is 29.8 Å². The number of carbonyl (C=O) groups excluding carboxylic acids is 1. The molecule has 33 heavy (non-hydrogen) atoms. The van der Waals surface area contributed by atoms with E-state index < -0.39 is 11.7 Å². The number of anilines is 2. The van der Waals surface area contributed by atoms with Gasteiger partial charge in [0.1, 0.15) is 5.82 Å². The fourth-order valence-electron chi connectivity index (χ4n) is 3.66. The predicted octanol–water partition coefficient (Wildman–Crippen LogP) is 5.13. The SMILES string of the molecule is Cc1ccc(NC(=O)N2CCN(c3cc(C)nc(-c4cccc(C(F)(F)F)c4)n3)CC2)cc1. The number of piperazine rings is 1. The zero-order chi connectivity index (χ0) is 23.6. The second-order valence-electron chi connectivity index (χ2n) is 8.04. The van der Waals surface area contributed by atoms with Gasteiger partial charge in [0.15, 0.2) is 5.82 Å². The van der Waals surface area contributed by atoms with Crippen molar-refractivity contribution in [1.29, 1.82) is 0 Å². The van der Waals surface area contributed by atoms with Crippen molar-refractivity contribution in [3.8, 4) is 11.4 Å². The first-order valence-electron chi connectivity index (χ1n) is 10.6. The lowest BCUT2D eigenvalue weighted by molar-refractivity contribution is -0.137. The molecule has 0 radical (unpaired) electrons. The summed E-state index contributed by atoms with van der Waals surface area (Å²) in [5.74, 6) is 0.879. The number of amides is 2. The van der Waals surface area contributed by atoms with Crippen LogP contribution < -0.4 is 10.2 Å². The Hall–Kier alpha value is -3.62. The standard InChI is InChI=1S/C24H24F3N5O/c1-16-6-8-20(9-7-16)29-23(33)32-12-10-31(11-13-32)21-14-17(2)28-22(30-21)18-4-3-5-19(15-18)24(25,26)27/h3-9,14-15H,10-13H2,1-2H3,(H,29,33). The average Bonchev–Trinajstić information content (AvgIpc) is 2.80. The van der Waals surface area contributed by atoms with E-state index in [1.807, 2.05) is 36.1 Å². The first-order valence-corrected chi connectivity index (χ1v) is 10.6. The van der Waals surface area contributed by atoms with Gasteiger partial charge in [-0.25, -0.2) is 14.8 Å². The molecule has 0 saturated carbocycles. The van der Waals surface area contributed by atoms with Crippen molar-refractivity contribution in [3.05, 3.63) is 71.4 Å². The number of rotatable bonds is 3. The van der Waals surface area contributed by atoms with Gasteiger partial charge in [-0.15, -0.1) is 0 Å². The van der Waals surface area contributed by atoms with Crippen molar-refractivity contribution >= 4 is 17.5 Å². The molecule has 0 unspecified atom stereocenters. The number of nitrogens with one attached hydrogen (secondary N) is 1. The van der Waals surface area contributed by atoms with E-state index in [9.17, 15) is 18.0 Å². The molecule has 3 aromatic rings. The molecule has 6 nitrogen and oxygen atoms in total. The first-order chi connectivity index (χ1) is 15.7. The van der Waals surface area contributed by atoms with Gasteiger partial charge in [0.25, 0.3) is 0 Å². The van der Waals surface area contributed by atoms with Crippen LogP contribution in [0.5, 0.6) is 0 Å². The van der Waals surface area contributed by atoms with Gasteiger partial charge in [0.05, 0.1) is 5.56 Å². The Labute approximate surface area is 190 Å². The van der Waals surface area contributed by atoms with E-state index in [-0.39, 0.29) is 11.9 Å². The fraction of sp³-hybridized carbons (Fsp3) is 0.292. The van der Waals surface area contributed by atoms with Crippen molar-refractivity contribution in [1.82, 2.24) is 14.9 Å². The number of hydrogen-bond acceptors (Lipinski definition) is 4. The minimum atomic E-state index is -4.43. The molecule has 0 atom stereocenters. The Balaban J connectivity index is 1.45. The van der Waals surface area contributed by atoms with Crippen LogP contribution in [0.4, 0.5) is 29.5 Å². The van der Waals surface area contributed by atoms with Crippen LogP contribution in [0.1, 0.15) is 16.8 Å². The number of nitrogens with zero attached hydrogens (tertiary/aromatic N) is 4. The summed E-state index contributed by atoms with van der Waals surface area (Å²) in [5, 5.41) is 2.90. The Morgan fingerprint density at radius 2 is 1.64 bits per heavy atom. The number of carbonyl (C=O) groups is 1. The number of aryl methyl sites for hydroxylation is 2. The molecule has 1 aliphatic heterocycles. The molecule has 1 aliphatic rings. The molecular formula is C24H24F3N5O. The van der Waals surface area contributed by atoms with E-state index in [1.165, 1.54) is 6.07 Å². The largest absolute Gasteiger partial charge is 0.416 e. The maximum absolute atomic E-state index is 13.1. The highest BCUT2D eigenvalue weighted by molar-refractivity contribution is 5.89. The van der Waals surface area contributed by atoms with Crippen molar-refractivity contribution in [2.24, 2.45) is 0 Å². The predicted molar refractivity (Wildman–Crippen MR) is 121 cm³/mol. The minimum Gasteiger partial charge on any atom is -0.353 e. The summed E-state index contributed by atoms with van der Waals surface area (Å²) in [6, 6.07) is 14.3. The van der Waals surface area contributed by atoms with Crippen LogP contribution in [0, 0.1) is 13.8 Å². The van der Waals surface area contributed by atoms with E-state index in [0.29, 0.717) is 43.3 Å². The molecule has 2 heterocycles. The number of halogens is 3. The maximum Gasteiger partial charge on any atom is 0.416 e. The number of urea groups is 1. The number of benzene rings is 2. The summed E-state index contributed by atoms with van der Waals surface area (Å²) >= 11 is 0. The van der Waals surface area contributed by atoms with Crippen LogP contribution in [0.25, 0.3) is 11.4 Å². The van der Waals surface area contributed by atoms with Gasteiger partial charge in [-0.3, -0.25) is 0 Å². The van der Waals surface area contributed by atoms with Crippen LogP contribution >= 0.6 is 0 Å². The highest BCUT2D eigenvalue weighted by Gasteiger charge is 2.31. The normalized spacial score (nSPS) is 14.3. The third-order valence-electron chi connectivity index (χ3n) is 5.48. The summed E-state index contributed by atoms with van der Waals surface area (Å²) in [5.41, 5.74) is 2.09. The molecule has 2 aromatic carbocycles. The molecule has 2 amide bonds. The molecule has 9 heteroatoms. The van der Waals surface area contributed by atoms with E-state index in [1.54, 1.807) is 24.0 Å². The Kier molecular flexibility index (Phi) is 6.22. The van der Waals surface area contributed by atoms with Crippen LogP contribution in [0.3, 0.4) is 0 Å². The van der Waals surface area contributed by atoms with Crippen molar-refractivity contribution < 1.29 is 18.0 Å². The van der Waals surface area contributed by atoms with Crippen molar-refractivity contribution in [3.63, 3.8) is 0 Å². The number of alkyl halides is 3. The third-order valence-corrected chi connectivity index (χ3v) is 5.48. The summed E-state index contributed by atoms with van der Waals surface area (Å²) in [4.78, 5) is 25.2. The van der Waals surface area contributed by atoms with E-state index in [4.69, 9.17) is 0 Å². The highest BCUT2D eigenvalue weighted by atomic mass is 19.4. The van der Waals surface area contributed by atoms with Crippen LogP contribution in [0.2, 0.25) is 0 Å².